The molecule has 0 aromatic heterocycles. The molecule has 1 amide bonds. The number of hydrogen-bond donors (Lipinski definition) is 2. The highest BCUT2D eigenvalue weighted by atomic mass is 79.9. The number of nitrogens with one attached hydrogen (secondary N) is 2. The molecule has 0 aliphatic rings. The molecule has 0 fully saturated rings. The van der Waals surface area contributed by atoms with Gasteiger partial charge in [0.25, 0.3) is 5.91 Å². The van der Waals surface area contributed by atoms with Crippen molar-refractivity contribution in [3.8, 4) is 0 Å². The Hall–Kier alpha value is -2.33. The number of halogens is 1. The summed E-state index contributed by atoms with van der Waals surface area (Å²) in [7, 11) is 1.63. The van der Waals surface area contributed by atoms with E-state index in [0.29, 0.717) is 5.56 Å². The molecule has 0 aliphatic carbocycles. The minimum atomic E-state index is -0.107. The van der Waals surface area contributed by atoms with E-state index in [0.717, 1.165) is 26.6 Å². The molecule has 3 aromatic carbocycles. The number of amides is 1. The molecule has 0 aliphatic heterocycles. The van der Waals surface area contributed by atoms with Crippen LogP contribution in [0, 0.1) is 0 Å². The summed E-state index contributed by atoms with van der Waals surface area (Å²) >= 11 is 3.57. The van der Waals surface area contributed by atoms with Gasteiger partial charge < -0.3 is 10.6 Å². The number of hydrogen-bond acceptors (Lipinski definition) is 2. The Morgan fingerprint density at radius 2 is 1.55 bits per heavy atom. The largest absolute Gasteiger partial charge is 0.355 e. The van der Waals surface area contributed by atoms with Gasteiger partial charge in [0, 0.05) is 22.6 Å². The van der Waals surface area contributed by atoms with Crippen molar-refractivity contribution in [3.05, 3.63) is 70.7 Å². The van der Waals surface area contributed by atoms with Crippen molar-refractivity contribution in [1.82, 2.24) is 5.32 Å². The standard InChI is InChI=1S/C18H15BrN2O/c1-20-18(22)14-6-2-3-10-17(14)21-16-11-5-7-12-13(16)8-4-9-15(12)19/h2-11,21H,1H3,(H,20,22). The van der Waals surface area contributed by atoms with Gasteiger partial charge in [0.15, 0.2) is 0 Å². The third-order valence-electron chi connectivity index (χ3n) is 3.54. The summed E-state index contributed by atoms with van der Waals surface area (Å²) in [4.78, 5) is 12.0. The van der Waals surface area contributed by atoms with Gasteiger partial charge in [-0.15, -0.1) is 0 Å². The van der Waals surface area contributed by atoms with Crippen LogP contribution in [-0.4, -0.2) is 13.0 Å². The Morgan fingerprint density at radius 3 is 2.36 bits per heavy atom. The lowest BCUT2D eigenvalue weighted by Crippen LogP contribution is -2.19. The van der Waals surface area contributed by atoms with E-state index in [4.69, 9.17) is 0 Å². The number of carbonyl (C=O) groups excluding carboxylic acids is 1. The lowest BCUT2D eigenvalue weighted by molar-refractivity contribution is 0.0964. The summed E-state index contributed by atoms with van der Waals surface area (Å²) < 4.78 is 1.05. The minimum absolute atomic E-state index is 0.107. The molecular formula is C18H15BrN2O. The van der Waals surface area contributed by atoms with Crippen molar-refractivity contribution in [3.63, 3.8) is 0 Å². The minimum Gasteiger partial charge on any atom is -0.355 e. The number of rotatable bonds is 3. The third kappa shape index (κ3) is 2.70. The van der Waals surface area contributed by atoms with Gasteiger partial charge in [0.2, 0.25) is 0 Å². The molecule has 4 heteroatoms. The molecule has 2 N–H and O–H groups in total. The highest BCUT2D eigenvalue weighted by molar-refractivity contribution is 9.10. The molecule has 3 nitrogen and oxygen atoms in total. The van der Waals surface area contributed by atoms with Crippen LogP contribution in [0.1, 0.15) is 10.4 Å². The van der Waals surface area contributed by atoms with Crippen LogP contribution in [0.5, 0.6) is 0 Å². The second kappa shape index (κ2) is 6.20. The van der Waals surface area contributed by atoms with Crippen molar-refractivity contribution in [1.29, 1.82) is 0 Å². The molecule has 0 bridgehead atoms. The molecule has 0 saturated heterocycles. The van der Waals surface area contributed by atoms with Gasteiger partial charge in [-0.3, -0.25) is 4.79 Å². The van der Waals surface area contributed by atoms with Gasteiger partial charge >= 0.3 is 0 Å². The van der Waals surface area contributed by atoms with Gasteiger partial charge in [-0.1, -0.05) is 52.3 Å². The van der Waals surface area contributed by atoms with E-state index in [1.54, 1.807) is 7.05 Å². The van der Waals surface area contributed by atoms with Crippen LogP contribution in [0.25, 0.3) is 10.8 Å². The molecule has 110 valence electrons. The Bertz CT molecular complexity index is 845. The van der Waals surface area contributed by atoms with E-state index in [-0.39, 0.29) is 5.91 Å². The first-order valence-corrected chi connectivity index (χ1v) is 7.75. The topological polar surface area (TPSA) is 41.1 Å². The van der Waals surface area contributed by atoms with Crippen LogP contribution in [0.15, 0.2) is 65.1 Å². The maximum Gasteiger partial charge on any atom is 0.253 e. The van der Waals surface area contributed by atoms with Crippen LogP contribution < -0.4 is 10.6 Å². The van der Waals surface area contributed by atoms with Crippen LogP contribution in [0.2, 0.25) is 0 Å². The van der Waals surface area contributed by atoms with E-state index in [1.165, 1.54) is 0 Å². The highest BCUT2D eigenvalue weighted by Crippen LogP contribution is 2.31. The molecule has 3 rings (SSSR count). The highest BCUT2D eigenvalue weighted by Gasteiger charge is 2.10. The monoisotopic (exact) mass is 354 g/mol. The van der Waals surface area contributed by atoms with Gasteiger partial charge in [-0.25, -0.2) is 0 Å². The molecule has 0 saturated carbocycles. The average molecular weight is 355 g/mol. The first-order chi connectivity index (χ1) is 10.7. The fraction of sp³-hybridized carbons (Fsp3) is 0.0556. The van der Waals surface area contributed by atoms with Gasteiger partial charge in [0.1, 0.15) is 0 Å². The first-order valence-electron chi connectivity index (χ1n) is 6.96. The van der Waals surface area contributed by atoms with E-state index >= 15 is 0 Å². The van der Waals surface area contributed by atoms with Crippen LogP contribution in [0.3, 0.4) is 0 Å². The molecule has 0 heterocycles. The zero-order valence-corrected chi connectivity index (χ0v) is 13.6. The summed E-state index contributed by atoms with van der Waals surface area (Å²) in [6, 6.07) is 19.6. The Balaban J connectivity index is 2.08. The summed E-state index contributed by atoms with van der Waals surface area (Å²) in [6.45, 7) is 0. The number of benzene rings is 3. The Morgan fingerprint density at radius 1 is 0.864 bits per heavy atom. The fourth-order valence-corrected chi connectivity index (χ4v) is 2.95. The molecule has 22 heavy (non-hydrogen) atoms. The lowest BCUT2D eigenvalue weighted by atomic mass is 10.1. The number of carbonyl (C=O) groups is 1. The van der Waals surface area contributed by atoms with E-state index in [9.17, 15) is 4.79 Å². The second-order valence-electron chi connectivity index (χ2n) is 4.89. The number of fused-ring (bicyclic) bond motifs is 1. The normalized spacial score (nSPS) is 10.5. The second-order valence-corrected chi connectivity index (χ2v) is 5.74. The van der Waals surface area contributed by atoms with Crippen molar-refractivity contribution in [2.45, 2.75) is 0 Å². The number of para-hydroxylation sites is 1. The molecular weight excluding hydrogens is 340 g/mol. The van der Waals surface area contributed by atoms with Crippen molar-refractivity contribution in [2.75, 3.05) is 12.4 Å². The molecule has 0 radical (unpaired) electrons. The van der Waals surface area contributed by atoms with Gasteiger partial charge in [0.05, 0.1) is 11.3 Å². The fourth-order valence-electron chi connectivity index (χ4n) is 2.45. The summed E-state index contributed by atoms with van der Waals surface area (Å²) in [5.74, 6) is -0.107. The zero-order valence-electron chi connectivity index (χ0n) is 12.1. The zero-order chi connectivity index (χ0) is 15.5. The van der Waals surface area contributed by atoms with E-state index < -0.39 is 0 Å². The SMILES string of the molecule is CNC(=O)c1ccccc1Nc1cccc2c(Br)cccc12. The Labute approximate surface area is 137 Å². The van der Waals surface area contributed by atoms with Crippen molar-refractivity contribution >= 4 is 44.0 Å². The number of anilines is 2. The summed E-state index contributed by atoms with van der Waals surface area (Å²) in [6.07, 6.45) is 0. The van der Waals surface area contributed by atoms with E-state index in [2.05, 4.69) is 38.7 Å². The molecule has 3 aromatic rings. The third-order valence-corrected chi connectivity index (χ3v) is 4.23. The average Bonchev–Trinajstić information content (AvgIpc) is 2.56. The lowest BCUT2D eigenvalue weighted by Gasteiger charge is -2.13. The van der Waals surface area contributed by atoms with Gasteiger partial charge in [-0.05, 0) is 29.7 Å². The maximum atomic E-state index is 12.0. The molecule has 0 atom stereocenters. The maximum absolute atomic E-state index is 12.0. The van der Waals surface area contributed by atoms with Crippen LogP contribution >= 0.6 is 15.9 Å². The predicted molar refractivity (Wildman–Crippen MR) is 94.8 cm³/mol. The van der Waals surface area contributed by atoms with Crippen molar-refractivity contribution < 1.29 is 4.79 Å². The summed E-state index contributed by atoms with van der Waals surface area (Å²) in [5, 5.41) is 8.27. The first kappa shape index (κ1) is 14.6. The smallest absolute Gasteiger partial charge is 0.253 e. The molecule has 0 unspecified atom stereocenters. The predicted octanol–water partition coefficient (Wildman–Crippen LogP) is 4.71. The quantitative estimate of drug-likeness (QED) is 0.715. The molecule has 0 spiro atoms. The van der Waals surface area contributed by atoms with Crippen LogP contribution in [0.4, 0.5) is 11.4 Å². The van der Waals surface area contributed by atoms with E-state index in [1.807, 2.05) is 48.5 Å². The van der Waals surface area contributed by atoms with Crippen molar-refractivity contribution in [2.24, 2.45) is 0 Å². The Kier molecular flexibility index (Phi) is 4.11. The van der Waals surface area contributed by atoms with Gasteiger partial charge in [-0.2, -0.15) is 0 Å². The summed E-state index contributed by atoms with van der Waals surface area (Å²) in [5.41, 5.74) is 2.38. The van der Waals surface area contributed by atoms with Crippen LogP contribution in [-0.2, 0) is 0 Å².